The Hall–Kier alpha value is -1.13. The Balaban J connectivity index is 1.62. The van der Waals surface area contributed by atoms with Gasteiger partial charge in [0.05, 0.1) is 0 Å². The fourth-order valence-corrected chi connectivity index (χ4v) is 3.59. The first-order valence-electron chi connectivity index (χ1n) is 8.05. The van der Waals surface area contributed by atoms with E-state index in [0.717, 1.165) is 30.2 Å². The lowest BCUT2D eigenvalue weighted by Crippen LogP contribution is -2.36. The molecule has 1 saturated carbocycles. The van der Waals surface area contributed by atoms with Crippen molar-refractivity contribution in [2.24, 2.45) is 11.8 Å². The fraction of sp³-hybridized carbons (Fsp3) is 0.706. The van der Waals surface area contributed by atoms with Gasteiger partial charge in [0.2, 0.25) is 0 Å². The van der Waals surface area contributed by atoms with E-state index in [1.807, 2.05) is 25.2 Å². The summed E-state index contributed by atoms with van der Waals surface area (Å²) in [6, 6.07) is 5.07. The predicted molar refractivity (Wildman–Crippen MR) is 87.5 cm³/mol. The fourth-order valence-electron chi connectivity index (χ4n) is 3.59. The monoisotopic (exact) mass is 288 g/mol. The molecular weight excluding hydrogens is 260 g/mol. The van der Waals surface area contributed by atoms with Crippen molar-refractivity contribution in [1.29, 1.82) is 0 Å². The topological polar surface area (TPSA) is 22.6 Å². The van der Waals surface area contributed by atoms with Gasteiger partial charge in [0.25, 0.3) is 0 Å². The summed E-state index contributed by atoms with van der Waals surface area (Å²) in [6.07, 6.45) is 4.92. The summed E-state index contributed by atoms with van der Waals surface area (Å²) in [4.78, 5) is 11.6. The zero-order chi connectivity index (χ0) is 15.0. The average molecular weight is 288 g/mol. The summed E-state index contributed by atoms with van der Waals surface area (Å²) in [6.45, 7) is 3.49. The SMILES string of the molecule is CN(C)c1ccc(CN2C[C@H](C3CC3)[C@@H](N(C)C)C2)cn1. The van der Waals surface area contributed by atoms with Gasteiger partial charge in [0.15, 0.2) is 0 Å². The lowest BCUT2D eigenvalue weighted by atomic mass is 9.97. The third-order valence-corrected chi connectivity index (χ3v) is 4.97. The molecule has 0 radical (unpaired) electrons. The molecular formula is C17H28N4. The molecule has 116 valence electrons. The number of anilines is 1. The zero-order valence-electron chi connectivity index (χ0n) is 13.8. The zero-order valence-corrected chi connectivity index (χ0v) is 13.8. The number of likely N-dealkylation sites (N-methyl/N-ethyl adjacent to an activating group) is 1. The number of rotatable bonds is 5. The quantitative estimate of drug-likeness (QED) is 0.825. The smallest absolute Gasteiger partial charge is 0.127 e. The highest BCUT2D eigenvalue weighted by molar-refractivity contribution is 5.37. The lowest BCUT2D eigenvalue weighted by Gasteiger charge is -2.25. The Morgan fingerprint density at radius 3 is 2.43 bits per heavy atom. The number of aromatic nitrogens is 1. The molecule has 1 aromatic rings. The standard InChI is InChI=1S/C17H28N4/c1-19(2)16-12-21(11-15(16)14-6-7-14)10-13-5-8-17(18-9-13)20(3)4/h5,8-9,14-16H,6-7,10-12H2,1-4H3/t15-,16+/m1/s1. The third kappa shape index (κ3) is 3.38. The summed E-state index contributed by atoms with van der Waals surface area (Å²) in [5.41, 5.74) is 1.33. The van der Waals surface area contributed by atoms with Crippen LogP contribution in [0.4, 0.5) is 5.82 Å². The second kappa shape index (κ2) is 5.93. The van der Waals surface area contributed by atoms with Crippen molar-refractivity contribution in [2.45, 2.75) is 25.4 Å². The van der Waals surface area contributed by atoms with Gasteiger partial charge in [-0.3, -0.25) is 4.90 Å². The number of pyridine rings is 1. The molecule has 1 aliphatic heterocycles. The van der Waals surface area contributed by atoms with E-state index in [1.54, 1.807) is 0 Å². The van der Waals surface area contributed by atoms with E-state index in [9.17, 15) is 0 Å². The van der Waals surface area contributed by atoms with Crippen molar-refractivity contribution in [1.82, 2.24) is 14.8 Å². The Morgan fingerprint density at radius 1 is 1.14 bits per heavy atom. The molecule has 2 atom stereocenters. The van der Waals surface area contributed by atoms with Crippen molar-refractivity contribution < 1.29 is 0 Å². The summed E-state index contributed by atoms with van der Waals surface area (Å²) >= 11 is 0. The molecule has 0 unspecified atom stereocenters. The Kier molecular flexibility index (Phi) is 4.18. The molecule has 0 aromatic carbocycles. The highest BCUT2D eigenvalue weighted by Gasteiger charge is 2.43. The van der Waals surface area contributed by atoms with E-state index >= 15 is 0 Å². The second-order valence-electron chi connectivity index (χ2n) is 7.15. The summed E-state index contributed by atoms with van der Waals surface area (Å²) < 4.78 is 0. The van der Waals surface area contributed by atoms with Gasteiger partial charge < -0.3 is 9.80 Å². The maximum Gasteiger partial charge on any atom is 0.127 e. The predicted octanol–water partition coefficient (Wildman–Crippen LogP) is 1.92. The van der Waals surface area contributed by atoms with E-state index < -0.39 is 0 Å². The molecule has 2 aliphatic rings. The first-order chi connectivity index (χ1) is 10.0. The van der Waals surface area contributed by atoms with Gasteiger partial charge in [-0.25, -0.2) is 4.98 Å². The Labute approximate surface area is 128 Å². The molecule has 4 nitrogen and oxygen atoms in total. The molecule has 1 aromatic heterocycles. The van der Waals surface area contributed by atoms with Crippen molar-refractivity contribution in [3.8, 4) is 0 Å². The normalized spacial score (nSPS) is 26.5. The molecule has 0 spiro atoms. The van der Waals surface area contributed by atoms with E-state index in [2.05, 4.69) is 41.0 Å². The number of likely N-dealkylation sites (tertiary alicyclic amines) is 1. The van der Waals surface area contributed by atoms with Crippen LogP contribution in [0.25, 0.3) is 0 Å². The van der Waals surface area contributed by atoms with Crippen LogP contribution in [0.15, 0.2) is 18.3 Å². The van der Waals surface area contributed by atoms with E-state index in [0.29, 0.717) is 0 Å². The molecule has 2 fully saturated rings. The van der Waals surface area contributed by atoms with Crippen molar-refractivity contribution >= 4 is 5.82 Å². The summed E-state index contributed by atoms with van der Waals surface area (Å²) in [7, 11) is 8.53. The molecule has 2 heterocycles. The van der Waals surface area contributed by atoms with Crippen LogP contribution in [0.5, 0.6) is 0 Å². The molecule has 0 N–H and O–H groups in total. The van der Waals surface area contributed by atoms with Crippen molar-refractivity contribution in [3.63, 3.8) is 0 Å². The highest BCUT2D eigenvalue weighted by Crippen LogP contribution is 2.42. The maximum absolute atomic E-state index is 4.53. The largest absolute Gasteiger partial charge is 0.363 e. The second-order valence-corrected chi connectivity index (χ2v) is 7.15. The lowest BCUT2D eigenvalue weighted by molar-refractivity contribution is 0.233. The maximum atomic E-state index is 4.53. The average Bonchev–Trinajstić information content (AvgIpc) is 3.20. The Morgan fingerprint density at radius 2 is 1.90 bits per heavy atom. The Bertz CT molecular complexity index is 454. The number of hydrogen-bond donors (Lipinski definition) is 0. The molecule has 3 rings (SSSR count). The third-order valence-electron chi connectivity index (χ3n) is 4.97. The van der Waals surface area contributed by atoms with Gasteiger partial charge in [-0.15, -0.1) is 0 Å². The molecule has 1 aliphatic carbocycles. The summed E-state index contributed by atoms with van der Waals surface area (Å²) in [5, 5.41) is 0. The molecule has 1 saturated heterocycles. The van der Waals surface area contributed by atoms with Crippen molar-refractivity contribution in [2.75, 3.05) is 46.2 Å². The van der Waals surface area contributed by atoms with Crippen LogP contribution < -0.4 is 4.90 Å². The minimum Gasteiger partial charge on any atom is -0.363 e. The van der Waals surface area contributed by atoms with Crippen molar-refractivity contribution in [3.05, 3.63) is 23.9 Å². The first-order valence-corrected chi connectivity index (χ1v) is 8.05. The molecule has 4 heteroatoms. The van der Waals surface area contributed by atoms with Gasteiger partial charge in [-0.1, -0.05) is 6.07 Å². The van der Waals surface area contributed by atoms with E-state index in [4.69, 9.17) is 0 Å². The van der Waals surface area contributed by atoms with Gasteiger partial charge >= 0.3 is 0 Å². The minimum atomic E-state index is 0.728. The van der Waals surface area contributed by atoms with Gasteiger partial charge in [0.1, 0.15) is 5.82 Å². The molecule has 21 heavy (non-hydrogen) atoms. The van der Waals surface area contributed by atoms with Crippen LogP contribution in [0.2, 0.25) is 0 Å². The van der Waals surface area contributed by atoms with Crippen LogP contribution >= 0.6 is 0 Å². The molecule has 0 amide bonds. The van der Waals surface area contributed by atoms with Gasteiger partial charge in [0, 0.05) is 46.0 Å². The van der Waals surface area contributed by atoms with E-state index in [1.165, 1.54) is 31.5 Å². The summed E-state index contributed by atoms with van der Waals surface area (Å²) in [5.74, 6) is 2.88. The number of nitrogens with zero attached hydrogens (tertiary/aromatic N) is 4. The van der Waals surface area contributed by atoms with Crippen LogP contribution in [0.3, 0.4) is 0 Å². The minimum absolute atomic E-state index is 0.728. The highest BCUT2D eigenvalue weighted by atomic mass is 15.2. The van der Waals surface area contributed by atoms with Crippen LogP contribution in [-0.2, 0) is 6.54 Å². The number of hydrogen-bond acceptors (Lipinski definition) is 4. The van der Waals surface area contributed by atoms with E-state index in [-0.39, 0.29) is 0 Å². The van der Waals surface area contributed by atoms with Gasteiger partial charge in [-0.05, 0) is 50.4 Å². The van der Waals surface area contributed by atoms with Crippen LogP contribution in [-0.4, -0.2) is 62.1 Å². The molecule has 0 bridgehead atoms. The first kappa shape index (κ1) is 14.8. The van der Waals surface area contributed by atoms with Crippen LogP contribution in [0.1, 0.15) is 18.4 Å². The van der Waals surface area contributed by atoms with Gasteiger partial charge in [-0.2, -0.15) is 0 Å². The van der Waals surface area contributed by atoms with Crippen LogP contribution in [0, 0.1) is 11.8 Å².